The Balaban J connectivity index is 2.13. The number of benzene rings is 2. The Morgan fingerprint density at radius 3 is 2.09 bits per heavy atom. The second-order valence-electron chi connectivity index (χ2n) is 6.84. The minimum atomic E-state index is -2.13. The number of ether oxygens (including phenoxy) is 2. The highest BCUT2D eigenvalue weighted by atomic mass is 16.6. The third-order valence-corrected chi connectivity index (χ3v) is 4.76. The monoisotopic (exact) mass is 440 g/mol. The Labute approximate surface area is 187 Å². The lowest BCUT2D eigenvalue weighted by Crippen LogP contribution is -2.68. The maximum Gasteiger partial charge on any atom is 0.359 e. The summed E-state index contributed by atoms with van der Waals surface area (Å²) in [6.07, 6.45) is 3.75. The van der Waals surface area contributed by atoms with Crippen molar-refractivity contribution in [3.05, 3.63) is 65.7 Å². The summed E-state index contributed by atoms with van der Waals surface area (Å²) in [4.78, 5) is 38.6. The Morgan fingerprint density at radius 2 is 1.56 bits per heavy atom. The summed E-state index contributed by atoms with van der Waals surface area (Å²) in [6.45, 7) is 1.47. The fraction of sp³-hybridized carbons (Fsp3) is 0.261. The first kappa shape index (κ1) is 24.4. The third-order valence-electron chi connectivity index (χ3n) is 4.76. The molecule has 2 aromatic rings. The van der Waals surface area contributed by atoms with Crippen molar-refractivity contribution in [1.82, 2.24) is 10.2 Å². The summed E-state index contributed by atoms with van der Waals surface area (Å²) in [5, 5.41) is 2.61. The highest BCUT2D eigenvalue weighted by molar-refractivity contribution is 6.06. The zero-order valence-corrected chi connectivity index (χ0v) is 18.1. The number of amides is 1. The predicted molar refractivity (Wildman–Crippen MR) is 122 cm³/mol. The van der Waals surface area contributed by atoms with Gasteiger partial charge in [-0.15, -0.1) is 0 Å². The number of nitrogens with two attached hydrogens (primary N) is 2. The third kappa shape index (κ3) is 5.86. The van der Waals surface area contributed by atoms with Crippen LogP contribution in [0.3, 0.4) is 0 Å². The van der Waals surface area contributed by atoms with Gasteiger partial charge in [-0.25, -0.2) is 9.59 Å². The van der Waals surface area contributed by atoms with Gasteiger partial charge in [-0.3, -0.25) is 10.1 Å². The number of likely N-dealkylation sites (N-methyl/N-ethyl adjacent to an activating group) is 2. The molecule has 0 aliphatic heterocycles. The zero-order valence-electron chi connectivity index (χ0n) is 18.1. The van der Waals surface area contributed by atoms with Crippen LogP contribution in [0.4, 0.5) is 11.4 Å². The van der Waals surface area contributed by atoms with Crippen LogP contribution in [0.5, 0.6) is 0 Å². The molecule has 9 nitrogen and oxygen atoms in total. The van der Waals surface area contributed by atoms with E-state index in [0.717, 1.165) is 10.5 Å². The van der Waals surface area contributed by atoms with Crippen molar-refractivity contribution in [1.29, 1.82) is 0 Å². The maximum absolute atomic E-state index is 13.0. The molecule has 0 aliphatic rings. The zero-order chi connectivity index (χ0) is 23.6. The van der Waals surface area contributed by atoms with Gasteiger partial charge in [-0.05, 0) is 55.4 Å². The largest absolute Gasteiger partial charge is 0.458 e. The summed E-state index contributed by atoms with van der Waals surface area (Å²) in [6, 6.07) is 13.8. The smallest absolute Gasteiger partial charge is 0.359 e. The van der Waals surface area contributed by atoms with Crippen molar-refractivity contribution in [2.24, 2.45) is 0 Å². The molecule has 5 N–H and O–H groups in total. The van der Waals surface area contributed by atoms with E-state index in [2.05, 4.69) is 5.32 Å². The number of hydrogen-bond donors (Lipinski definition) is 3. The molecule has 170 valence electrons. The molecule has 0 aromatic heterocycles. The molecule has 0 saturated heterocycles. The second-order valence-corrected chi connectivity index (χ2v) is 6.84. The molecule has 0 saturated carbocycles. The van der Waals surface area contributed by atoms with Gasteiger partial charge in [0.2, 0.25) is 6.41 Å². The number of nitrogens with one attached hydrogen (secondary N) is 1. The van der Waals surface area contributed by atoms with Crippen molar-refractivity contribution in [2.75, 3.05) is 31.7 Å². The number of carbonyl (C=O) groups is 3. The topological polar surface area (TPSA) is 137 Å². The first-order valence-electron chi connectivity index (χ1n) is 9.99. The van der Waals surface area contributed by atoms with Crippen molar-refractivity contribution >= 4 is 35.8 Å². The normalized spacial score (nSPS) is 12.7. The molecular formula is C23H28N4O5. The van der Waals surface area contributed by atoms with Crippen molar-refractivity contribution in [2.45, 2.75) is 19.2 Å². The minimum Gasteiger partial charge on any atom is -0.458 e. The Morgan fingerprint density at radius 1 is 1.00 bits per heavy atom. The summed E-state index contributed by atoms with van der Waals surface area (Å²) in [7, 11) is 1.38. The van der Waals surface area contributed by atoms with Gasteiger partial charge in [0.1, 0.15) is 13.2 Å². The SMILES string of the molecule is CCN(C=O)C(NC)(C(=O)OCC=Cc1ccc(N)cc1)C(=O)OCc1ccc(N)cc1. The standard InChI is InChI=1S/C23H28N4O5/c1-3-27(16-28)23(26-2,22(30)32-15-18-8-12-20(25)13-9-18)21(29)31-14-4-5-17-6-10-19(24)11-7-17/h4-13,16,26H,3,14-15,24-25H2,1-2H3. The van der Waals surface area contributed by atoms with Crippen LogP contribution in [0.2, 0.25) is 0 Å². The molecule has 0 spiro atoms. The van der Waals surface area contributed by atoms with E-state index < -0.39 is 17.6 Å². The Hall–Kier alpha value is -3.85. The van der Waals surface area contributed by atoms with E-state index in [1.807, 2.05) is 12.1 Å². The van der Waals surface area contributed by atoms with Crippen LogP contribution < -0.4 is 16.8 Å². The number of hydrogen-bond acceptors (Lipinski definition) is 8. The lowest BCUT2D eigenvalue weighted by molar-refractivity contribution is -0.180. The van der Waals surface area contributed by atoms with Crippen LogP contribution in [0.25, 0.3) is 6.08 Å². The van der Waals surface area contributed by atoms with Crippen LogP contribution in [0.1, 0.15) is 18.1 Å². The molecule has 0 radical (unpaired) electrons. The maximum atomic E-state index is 13.0. The number of esters is 2. The molecule has 9 heteroatoms. The lowest BCUT2D eigenvalue weighted by atomic mass is 10.1. The van der Waals surface area contributed by atoms with Crippen LogP contribution in [-0.2, 0) is 30.5 Å². The van der Waals surface area contributed by atoms with Crippen LogP contribution in [0, 0.1) is 0 Å². The first-order valence-corrected chi connectivity index (χ1v) is 9.99. The molecule has 0 fully saturated rings. The van der Waals surface area contributed by atoms with E-state index >= 15 is 0 Å². The molecule has 1 amide bonds. The van der Waals surface area contributed by atoms with Gasteiger partial charge in [-0.2, -0.15) is 0 Å². The number of anilines is 2. The molecule has 0 bridgehead atoms. The predicted octanol–water partition coefficient (Wildman–Crippen LogP) is 1.54. The van der Waals surface area contributed by atoms with Crippen LogP contribution in [0.15, 0.2) is 54.6 Å². The summed E-state index contributed by atoms with van der Waals surface area (Å²) in [5.41, 5.74) is 11.9. The summed E-state index contributed by atoms with van der Waals surface area (Å²) >= 11 is 0. The van der Waals surface area contributed by atoms with Gasteiger partial charge in [0.25, 0.3) is 5.66 Å². The van der Waals surface area contributed by atoms with Crippen molar-refractivity contribution in [3.8, 4) is 0 Å². The fourth-order valence-electron chi connectivity index (χ4n) is 2.94. The van der Waals surface area contributed by atoms with E-state index in [9.17, 15) is 14.4 Å². The minimum absolute atomic E-state index is 0.0672. The van der Waals surface area contributed by atoms with Crippen molar-refractivity contribution < 1.29 is 23.9 Å². The summed E-state index contributed by atoms with van der Waals surface area (Å²) < 4.78 is 10.6. The Bertz CT molecular complexity index is 944. The van der Waals surface area contributed by atoms with Gasteiger partial charge in [0.05, 0.1) is 0 Å². The van der Waals surface area contributed by atoms with Gasteiger partial charge in [0.15, 0.2) is 0 Å². The number of rotatable bonds is 11. The quantitative estimate of drug-likeness (QED) is 0.157. The van der Waals surface area contributed by atoms with Crippen LogP contribution >= 0.6 is 0 Å². The average Bonchev–Trinajstić information content (AvgIpc) is 2.80. The first-order chi connectivity index (χ1) is 15.4. The fourth-order valence-corrected chi connectivity index (χ4v) is 2.94. The molecule has 0 aliphatic carbocycles. The number of nitrogen functional groups attached to an aromatic ring is 2. The highest BCUT2D eigenvalue weighted by Gasteiger charge is 2.52. The number of carbonyl (C=O) groups excluding carboxylic acids is 3. The number of nitrogens with zero attached hydrogens (tertiary/aromatic N) is 1. The van der Waals surface area contributed by atoms with E-state index in [4.69, 9.17) is 20.9 Å². The van der Waals surface area contributed by atoms with Crippen molar-refractivity contribution in [3.63, 3.8) is 0 Å². The summed E-state index contributed by atoms with van der Waals surface area (Å²) in [5.74, 6) is -1.92. The lowest BCUT2D eigenvalue weighted by Gasteiger charge is -2.36. The van der Waals surface area contributed by atoms with Gasteiger partial charge >= 0.3 is 11.9 Å². The van der Waals surface area contributed by atoms with Crippen LogP contribution in [-0.4, -0.2) is 49.1 Å². The van der Waals surface area contributed by atoms with Gasteiger partial charge in [0, 0.05) is 17.9 Å². The molecule has 2 rings (SSSR count). The second kappa shape index (κ2) is 11.5. The average molecular weight is 441 g/mol. The molecule has 32 heavy (non-hydrogen) atoms. The molecule has 2 aromatic carbocycles. The van der Waals surface area contributed by atoms with E-state index in [0.29, 0.717) is 23.3 Å². The van der Waals surface area contributed by atoms with E-state index in [1.165, 1.54) is 7.05 Å². The molecule has 0 heterocycles. The molecule has 1 unspecified atom stereocenters. The highest BCUT2D eigenvalue weighted by Crippen LogP contribution is 2.17. The van der Waals surface area contributed by atoms with Gasteiger partial charge < -0.3 is 25.8 Å². The molecule has 1 atom stereocenters. The molecular weight excluding hydrogens is 412 g/mol. The van der Waals surface area contributed by atoms with Gasteiger partial charge in [-0.1, -0.05) is 30.3 Å². The van der Waals surface area contributed by atoms with E-state index in [-0.39, 0.29) is 19.8 Å². The van der Waals surface area contributed by atoms with E-state index in [1.54, 1.807) is 55.5 Å². The Kier molecular flexibility index (Phi) is 8.79.